The van der Waals surface area contributed by atoms with Gasteiger partial charge in [-0.25, -0.2) is 4.98 Å². The van der Waals surface area contributed by atoms with Gasteiger partial charge < -0.3 is 5.32 Å². The number of hydrogen-bond acceptors (Lipinski definition) is 4. The van der Waals surface area contributed by atoms with Crippen molar-refractivity contribution in [2.75, 3.05) is 17.6 Å². The fourth-order valence-corrected chi connectivity index (χ4v) is 6.54. The predicted octanol–water partition coefficient (Wildman–Crippen LogP) is 5.39. The highest BCUT2D eigenvalue weighted by Gasteiger charge is 2.23. The lowest BCUT2D eigenvalue weighted by molar-refractivity contribution is 0.949. The maximum absolute atomic E-state index is 5.97. The van der Waals surface area contributed by atoms with E-state index in [0.717, 1.165) is 21.4 Å². The van der Waals surface area contributed by atoms with E-state index in [-0.39, 0.29) is 13.2 Å². The minimum absolute atomic E-state index is 0.178. The molecule has 3 aromatic rings. The van der Waals surface area contributed by atoms with Crippen molar-refractivity contribution in [2.24, 2.45) is 0 Å². The van der Waals surface area contributed by atoms with E-state index in [1.807, 2.05) is 6.92 Å². The summed E-state index contributed by atoms with van der Waals surface area (Å²) in [6.45, 7) is 2.03. The summed E-state index contributed by atoms with van der Waals surface area (Å²) in [6, 6.07) is 8.50. The molecule has 2 aromatic heterocycles. The average molecular weight is 436 g/mol. The summed E-state index contributed by atoms with van der Waals surface area (Å²) in [5.41, 5.74) is 3.21. The van der Waals surface area contributed by atoms with Crippen molar-refractivity contribution in [1.82, 2.24) is 15.0 Å². The van der Waals surface area contributed by atoms with Gasteiger partial charge in [-0.15, -0.1) is 0 Å². The zero-order valence-corrected chi connectivity index (χ0v) is 17.0. The molecule has 0 saturated carbocycles. The van der Waals surface area contributed by atoms with Crippen LogP contribution in [0.5, 0.6) is 0 Å². The van der Waals surface area contributed by atoms with Gasteiger partial charge in [0.15, 0.2) is 0 Å². The number of anilines is 2. The maximum Gasteiger partial charge on any atom is 0.224 e. The molecule has 25 heavy (non-hydrogen) atoms. The number of aryl methyl sites for hydroxylation is 1. The number of rotatable bonds is 3. The Kier molecular flexibility index (Phi) is 4.90. The number of pyridine rings is 1. The summed E-state index contributed by atoms with van der Waals surface area (Å²) in [7, 11) is -0.178. The molecule has 0 bridgehead atoms. The molecule has 1 aliphatic heterocycles. The molecule has 0 aliphatic carbocycles. The van der Waals surface area contributed by atoms with Gasteiger partial charge in [-0.1, -0.05) is 14.0 Å². The van der Waals surface area contributed by atoms with Gasteiger partial charge in [0.2, 0.25) is 5.28 Å². The number of nitrogens with one attached hydrogen (secondary N) is 1. The summed E-state index contributed by atoms with van der Waals surface area (Å²) in [4.78, 5) is 13.0. The lowest BCUT2D eigenvalue weighted by Crippen LogP contribution is -2.12. The van der Waals surface area contributed by atoms with Crippen LogP contribution in [0, 0.1) is 6.92 Å². The van der Waals surface area contributed by atoms with Crippen molar-refractivity contribution in [1.29, 1.82) is 0 Å². The molecule has 0 radical (unpaired) electrons. The Labute approximate surface area is 161 Å². The van der Waals surface area contributed by atoms with E-state index in [0.29, 0.717) is 5.82 Å². The molecule has 4 nitrogen and oxygen atoms in total. The number of aromatic nitrogens is 3. The molecule has 1 aliphatic rings. The minimum Gasteiger partial charge on any atom is -0.339 e. The Hall–Kier alpha value is -1.29. The van der Waals surface area contributed by atoms with E-state index in [1.54, 1.807) is 6.20 Å². The van der Waals surface area contributed by atoms with Crippen molar-refractivity contribution in [3.05, 3.63) is 45.9 Å². The van der Waals surface area contributed by atoms with Crippen LogP contribution in [0.2, 0.25) is 5.28 Å². The highest BCUT2D eigenvalue weighted by molar-refractivity contribution is 9.10. The van der Waals surface area contributed by atoms with Gasteiger partial charge in [0.25, 0.3) is 0 Å². The molecular formula is C18H17BrClN4P. The van der Waals surface area contributed by atoms with Gasteiger partial charge in [-0.2, -0.15) is 4.98 Å². The normalized spacial score (nSPS) is 15.0. The summed E-state index contributed by atoms with van der Waals surface area (Å²) in [6.07, 6.45) is 6.85. The predicted molar refractivity (Wildman–Crippen MR) is 110 cm³/mol. The van der Waals surface area contributed by atoms with Crippen molar-refractivity contribution in [3.63, 3.8) is 0 Å². The second kappa shape index (κ2) is 7.14. The third-order valence-corrected chi connectivity index (χ3v) is 7.96. The molecule has 0 unspecified atom stereocenters. The van der Waals surface area contributed by atoms with Gasteiger partial charge in [0.1, 0.15) is 5.82 Å². The Morgan fingerprint density at radius 3 is 2.72 bits per heavy atom. The molecule has 7 heteroatoms. The zero-order chi connectivity index (χ0) is 17.4. The van der Waals surface area contributed by atoms with E-state index < -0.39 is 0 Å². The van der Waals surface area contributed by atoms with Crippen LogP contribution in [0.3, 0.4) is 0 Å². The standard InChI is InChI=1S/C18H17BrClN4P/c1-11-4-5-12-14(22-11)6-7-15(16(12)25-8-2-3-9-25)23-17-13(19)10-21-18(20)24-17/h4-7,10H,2-3,8-9H2,1H3,(H,21,23,24). The first-order chi connectivity index (χ1) is 12.1. The van der Waals surface area contributed by atoms with Crippen molar-refractivity contribution in [3.8, 4) is 0 Å². The summed E-state index contributed by atoms with van der Waals surface area (Å²) < 4.78 is 0.796. The average Bonchev–Trinajstić information content (AvgIpc) is 3.12. The van der Waals surface area contributed by atoms with Crippen LogP contribution in [-0.2, 0) is 0 Å². The summed E-state index contributed by atoms with van der Waals surface area (Å²) in [5, 5.41) is 6.36. The van der Waals surface area contributed by atoms with E-state index in [2.05, 4.69) is 55.5 Å². The smallest absolute Gasteiger partial charge is 0.224 e. The van der Waals surface area contributed by atoms with Crippen LogP contribution >= 0.6 is 35.5 Å². The molecule has 4 rings (SSSR count). The first-order valence-electron chi connectivity index (χ1n) is 8.22. The monoisotopic (exact) mass is 434 g/mol. The van der Waals surface area contributed by atoms with Crippen LogP contribution < -0.4 is 10.6 Å². The van der Waals surface area contributed by atoms with Crippen molar-refractivity contribution < 1.29 is 0 Å². The third-order valence-electron chi connectivity index (χ3n) is 4.37. The molecule has 1 aromatic carbocycles. The Bertz CT molecular complexity index is 944. The highest BCUT2D eigenvalue weighted by atomic mass is 79.9. The molecule has 1 fully saturated rings. The molecule has 3 heterocycles. The van der Waals surface area contributed by atoms with Crippen LogP contribution in [0.4, 0.5) is 11.5 Å². The molecule has 0 amide bonds. The molecule has 0 spiro atoms. The van der Waals surface area contributed by atoms with Gasteiger partial charge in [0, 0.05) is 28.3 Å². The van der Waals surface area contributed by atoms with E-state index in [4.69, 9.17) is 16.6 Å². The molecule has 1 N–H and O–H groups in total. The fourth-order valence-electron chi connectivity index (χ4n) is 3.23. The van der Waals surface area contributed by atoms with Gasteiger partial charge in [0.05, 0.1) is 9.99 Å². The van der Waals surface area contributed by atoms with Crippen LogP contribution in [0.15, 0.2) is 34.9 Å². The minimum atomic E-state index is -0.178. The number of fused-ring (bicyclic) bond motifs is 1. The zero-order valence-electron chi connectivity index (χ0n) is 13.8. The van der Waals surface area contributed by atoms with Gasteiger partial charge in [-0.3, -0.25) is 4.98 Å². The Morgan fingerprint density at radius 2 is 1.92 bits per heavy atom. The molecule has 0 atom stereocenters. The number of benzene rings is 1. The number of halogens is 2. The maximum atomic E-state index is 5.97. The van der Waals surface area contributed by atoms with Crippen molar-refractivity contribution >= 4 is 63.2 Å². The quantitative estimate of drug-likeness (QED) is 0.442. The van der Waals surface area contributed by atoms with Crippen LogP contribution in [-0.4, -0.2) is 27.3 Å². The lowest BCUT2D eigenvalue weighted by atomic mass is 10.2. The van der Waals surface area contributed by atoms with Crippen LogP contribution in [0.25, 0.3) is 10.9 Å². The second-order valence-electron chi connectivity index (χ2n) is 6.14. The third kappa shape index (κ3) is 3.51. The topological polar surface area (TPSA) is 50.7 Å². The van der Waals surface area contributed by atoms with Gasteiger partial charge in [-0.05, 0) is 77.8 Å². The molecule has 1 saturated heterocycles. The Balaban J connectivity index is 1.86. The summed E-state index contributed by atoms with van der Waals surface area (Å²) in [5.74, 6) is 0.690. The van der Waals surface area contributed by atoms with Crippen LogP contribution in [0.1, 0.15) is 18.5 Å². The Morgan fingerprint density at radius 1 is 1.12 bits per heavy atom. The first-order valence-corrected chi connectivity index (χ1v) is 11.1. The van der Waals surface area contributed by atoms with E-state index >= 15 is 0 Å². The highest BCUT2D eigenvalue weighted by Crippen LogP contribution is 2.46. The second-order valence-corrected chi connectivity index (χ2v) is 9.75. The number of nitrogens with zero attached hydrogens (tertiary/aromatic N) is 3. The van der Waals surface area contributed by atoms with E-state index in [9.17, 15) is 0 Å². The van der Waals surface area contributed by atoms with Crippen molar-refractivity contribution in [2.45, 2.75) is 19.8 Å². The molecular weight excluding hydrogens is 419 g/mol. The van der Waals surface area contributed by atoms with Gasteiger partial charge >= 0.3 is 0 Å². The lowest BCUT2D eigenvalue weighted by Gasteiger charge is -2.20. The molecule has 128 valence electrons. The number of hydrogen-bond donors (Lipinski definition) is 1. The fraction of sp³-hybridized carbons (Fsp3) is 0.278. The van der Waals surface area contributed by atoms with E-state index in [1.165, 1.54) is 35.9 Å². The SMILES string of the molecule is Cc1ccc2c(P3CCCC3)c(Nc3nc(Cl)ncc3Br)ccc2n1. The summed E-state index contributed by atoms with van der Waals surface area (Å²) >= 11 is 9.48. The first kappa shape index (κ1) is 17.1. The largest absolute Gasteiger partial charge is 0.339 e.